The number of fused-ring (bicyclic) bond motifs is 1. The summed E-state index contributed by atoms with van der Waals surface area (Å²) in [7, 11) is 0. The molecular formula is C10H15N3O2. The summed E-state index contributed by atoms with van der Waals surface area (Å²) in [6, 6.07) is 0.0813. The fourth-order valence-corrected chi connectivity index (χ4v) is 2.83. The number of rotatable bonds is 1. The van der Waals surface area contributed by atoms with Crippen LogP contribution in [0, 0.1) is 5.92 Å². The first-order valence-electron chi connectivity index (χ1n) is 5.42. The number of hydrogen-bond acceptors (Lipinski definition) is 3. The van der Waals surface area contributed by atoms with E-state index in [-0.39, 0.29) is 23.9 Å². The summed E-state index contributed by atoms with van der Waals surface area (Å²) in [5, 5.41) is 0. The lowest BCUT2D eigenvalue weighted by molar-refractivity contribution is -0.134. The van der Waals surface area contributed by atoms with Crippen LogP contribution in [0.3, 0.4) is 0 Å². The number of nitrogens with two attached hydrogens (primary N) is 1. The molecule has 2 aliphatic rings. The van der Waals surface area contributed by atoms with Gasteiger partial charge in [0.1, 0.15) is 0 Å². The Labute approximate surface area is 87.2 Å². The van der Waals surface area contributed by atoms with Crippen molar-refractivity contribution in [2.24, 2.45) is 11.7 Å². The van der Waals surface area contributed by atoms with Gasteiger partial charge in [-0.3, -0.25) is 4.57 Å². The summed E-state index contributed by atoms with van der Waals surface area (Å²) < 4.78 is 7.35. The molecule has 2 fully saturated rings. The van der Waals surface area contributed by atoms with E-state index >= 15 is 0 Å². The second-order valence-corrected chi connectivity index (χ2v) is 4.38. The number of aromatic nitrogens is 2. The van der Waals surface area contributed by atoms with Crippen LogP contribution in [-0.2, 0) is 4.74 Å². The Balaban J connectivity index is 1.89. The van der Waals surface area contributed by atoms with E-state index < -0.39 is 0 Å². The van der Waals surface area contributed by atoms with E-state index in [2.05, 4.69) is 4.98 Å². The van der Waals surface area contributed by atoms with Crippen molar-refractivity contribution in [3.05, 3.63) is 22.9 Å². The first kappa shape index (κ1) is 9.18. The third kappa shape index (κ3) is 1.20. The van der Waals surface area contributed by atoms with Gasteiger partial charge in [0.05, 0.1) is 12.1 Å². The number of imidazole rings is 1. The van der Waals surface area contributed by atoms with Gasteiger partial charge in [-0.2, -0.15) is 0 Å². The fraction of sp³-hybridized carbons (Fsp3) is 0.700. The van der Waals surface area contributed by atoms with E-state index in [1.165, 1.54) is 0 Å². The molecule has 4 atom stereocenters. The van der Waals surface area contributed by atoms with E-state index in [9.17, 15) is 4.79 Å². The molecule has 0 spiro atoms. The van der Waals surface area contributed by atoms with Crippen LogP contribution >= 0.6 is 0 Å². The molecule has 82 valence electrons. The average molecular weight is 209 g/mol. The third-order valence-electron chi connectivity index (χ3n) is 3.64. The van der Waals surface area contributed by atoms with E-state index in [4.69, 9.17) is 10.5 Å². The topological polar surface area (TPSA) is 73.0 Å². The van der Waals surface area contributed by atoms with E-state index in [1.807, 2.05) is 0 Å². The Morgan fingerprint density at radius 3 is 3.20 bits per heavy atom. The van der Waals surface area contributed by atoms with Crippen LogP contribution in [0.2, 0.25) is 0 Å². The molecule has 0 amide bonds. The van der Waals surface area contributed by atoms with Crippen molar-refractivity contribution in [3.8, 4) is 0 Å². The van der Waals surface area contributed by atoms with Crippen molar-refractivity contribution in [2.75, 3.05) is 6.61 Å². The molecule has 3 N–H and O–H groups in total. The van der Waals surface area contributed by atoms with Crippen LogP contribution in [0.4, 0.5) is 0 Å². The van der Waals surface area contributed by atoms with Crippen LogP contribution in [0.5, 0.6) is 0 Å². The summed E-state index contributed by atoms with van der Waals surface area (Å²) in [5.74, 6) is 0.436. The highest BCUT2D eigenvalue weighted by molar-refractivity contribution is 5.07. The van der Waals surface area contributed by atoms with Gasteiger partial charge in [0.2, 0.25) is 0 Å². The minimum atomic E-state index is -0.0944. The Morgan fingerprint density at radius 1 is 1.60 bits per heavy atom. The first-order valence-corrected chi connectivity index (χ1v) is 5.42. The van der Waals surface area contributed by atoms with Gasteiger partial charge in [-0.25, -0.2) is 4.79 Å². The number of hydrogen-bond donors (Lipinski definition) is 2. The van der Waals surface area contributed by atoms with Crippen molar-refractivity contribution in [1.29, 1.82) is 0 Å². The molecule has 1 aliphatic heterocycles. The van der Waals surface area contributed by atoms with Gasteiger partial charge in [0.15, 0.2) is 0 Å². The lowest BCUT2D eigenvalue weighted by Gasteiger charge is -2.52. The Hall–Kier alpha value is -1.07. The van der Waals surface area contributed by atoms with Crippen molar-refractivity contribution in [1.82, 2.24) is 9.55 Å². The summed E-state index contributed by atoms with van der Waals surface area (Å²) in [4.78, 5) is 14.1. The molecule has 1 saturated carbocycles. The van der Waals surface area contributed by atoms with E-state index in [0.717, 1.165) is 19.4 Å². The van der Waals surface area contributed by atoms with Gasteiger partial charge in [0, 0.05) is 31.0 Å². The molecule has 1 aromatic rings. The molecule has 0 radical (unpaired) electrons. The van der Waals surface area contributed by atoms with Gasteiger partial charge in [-0.05, 0) is 12.8 Å². The van der Waals surface area contributed by atoms with E-state index in [1.54, 1.807) is 17.0 Å². The smallest absolute Gasteiger partial charge is 0.325 e. The molecule has 5 heteroatoms. The minimum absolute atomic E-state index is 0.0223. The Morgan fingerprint density at radius 2 is 2.47 bits per heavy atom. The number of aromatic amines is 1. The van der Waals surface area contributed by atoms with Gasteiger partial charge < -0.3 is 15.5 Å². The quantitative estimate of drug-likeness (QED) is 0.675. The second kappa shape index (κ2) is 3.21. The molecule has 4 unspecified atom stereocenters. The maximum absolute atomic E-state index is 11.5. The number of H-pyrrole nitrogens is 1. The molecule has 0 aromatic carbocycles. The normalized spacial score (nSPS) is 39.5. The highest BCUT2D eigenvalue weighted by atomic mass is 16.5. The second-order valence-electron chi connectivity index (χ2n) is 4.38. The largest absolute Gasteiger partial charge is 0.376 e. The highest BCUT2D eigenvalue weighted by Crippen LogP contribution is 2.43. The molecule has 0 bridgehead atoms. The van der Waals surface area contributed by atoms with Crippen LogP contribution < -0.4 is 11.4 Å². The number of ether oxygens (including phenoxy) is 1. The summed E-state index contributed by atoms with van der Waals surface area (Å²) >= 11 is 0. The molecule has 1 aliphatic carbocycles. The molecule has 1 saturated heterocycles. The fourth-order valence-electron chi connectivity index (χ4n) is 2.83. The van der Waals surface area contributed by atoms with Gasteiger partial charge >= 0.3 is 5.69 Å². The maximum atomic E-state index is 11.5. The summed E-state index contributed by atoms with van der Waals surface area (Å²) in [6.07, 6.45) is 5.75. The Bertz CT molecular complexity index is 411. The van der Waals surface area contributed by atoms with Crippen LogP contribution in [0.1, 0.15) is 18.9 Å². The SMILES string of the molecule is NC1C2CCCOC2C1n1cc[nH]c1=O. The third-order valence-corrected chi connectivity index (χ3v) is 3.64. The van der Waals surface area contributed by atoms with Crippen molar-refractivity contribution >= 4 is 0 Å². The predicted octanol–water partition coefficient (Wildman–Crippen LogP) is -0.146. The van der Waals surface area contributed by atoms with Crippen LogP contribution in [0.25, 0.3) is 0 Å². The van der Waals surface area contributed by atoms with Gasteiger partial charge in [-0.1, -0.05) is 0 Å². The van der Waals surface area contributed by atoms with Gasteiger partial charge in [-0.15, -0.1) is 0 Å². The molecule has 1 aromatic heterocycles. The lowest BCUT2D eigenvalue weighted by atomic mass is 9.68. The van der Waals surface area contributed by atoms with E-state index in [0.29, 0.717) is 5.92 Å². The molecule has 15 heavy (non-hydrogen) atoms. The predicted molar refractivity (Wildman–Crippen MR) is 54.5 cm³/mol. The van der Waals surface area contributed by atoms with Crippen LogP contribution in [-0.4, -0.2) is 28.3 Å². The molecule has 3 rings (SSSR count). The maximum Gasteiger partial charge on any atom is 0.325 e. The minimum Gasteiger partial charge on any atom is -0.376 e. The molecule has 5 nitrogen and oxygen atoms in total. The lowest BCUT2D eigenvalue weighted by Crippen LogP contribution is -2.64. The standard InChI is InChI=1S/C10H15N3O2/c11-7-6-2-1-5-15-9(6)8(7)13-4-3-12-10(13)14/h3-4,6-9H,1-2,5,11H2,(H,12,14). The zero-order valence-electron chi connectivity index (χ0n) is 8.43. The number of nitrogens with one attached hydrogen (secondary N) is 1. The molecular weight excluding hydrogens is 194 g/mol. The zero-order valence-corrected chi connectivity index (χ0v) is 8.43. The van der Waals surface area contributed by atoms with Crippen molar-refractivity contribution in [3.63, 3.8) is 0 Å². The van der Waals surface area contributed by atoms with Crippen LogP contribution in [0.15, 0.2) is 17.2 Å². The van der Waals surface area contributed by atoms with Crippen molar-refractivity contribution in [2.45, 2.75) is 31.0 Å². The average Bonchev–Trinajstić information content (AvgIpc) is 2.65. The zero-order chi connectivity index (χ0) is 10.4. The highest BCUT2D eigenvalue weighted by Gasteiger charge is 2.51. The monoisotopic (exact) mass is 209 g/mol. The molecule has 2 heterocycles. The Kier molecular flexibility index (Phi) is 1.97. The van der Waals surface area contributed by atoms with Gasteiger partial charge in [0.25, 0.3) is 0 Å². The number of nitrogens with zero attached hydrogens (tertiary/aromatic N) is 1. The summed E-state index contributed by atoms with van der Waals surface area (Å²) in [6.45, 7) is 0.795. The first-order chi connectivity index (χ1) is 7.29. The summed E-state index contributed by atoms with van der Waals surface area (Å²) in [5.41, 5.74) is 5.99. The van der Waals surface area contributed by atoms with Crippen molar-refractivity contribution < 1.29 is 4.74 Å².